The number of likely N-dealkylation sites (tertiary alicyclic amines) is 1. The molecule has 1 unspecified atom stereocenters. The number of fused-ring (bicyclic) bond motifs is 1. The molecule has 0 N–H and O–H groups in total. The predicted octanol–water partition coefficient (Wildman–Crippen LogP) is 2.96. The molecular formula is C20H29N5. The minimum absolute atomic E-state index is 0.428. The Morgan fingerprint density at radius 2 is 2.00 bits per heavy atom. The van der Waals surface area contributed by atoms with Crippen molar-refractivity contribution in [3.8, 4) is 0 Å². The van der Waals surface area contributed by atoms with E-state index in [-0.39, 0.29) is 0 Å². The summed E-state index contributed by atoms with van der Waals surface area (Å²) in [5.74, 6) is 1.97. The Bertz CT molecular complexity index is 660. The molecule has 1 fully saturated rings. The molecule has 0 saturated carbocycles. The highest BCUT2D eigenvalue weighted by molar-refractivity contribution is 5.11. The van der Waals surface area contributed by atoms with E-state index in [1.165, 1.54) is 50.3 Å². The van der Waals surface area contributed by atoms with E-state index in [1.54, 1.807) is 0 Å². The third-order valence-electron chi connectivity index (χ3n) is 5.88. The number of piperidine rings is 1. The Balaban J connectivity index is 1.60. The van der Waals surface area contributed by atoms with Crippen LogP contribution in [0.5, 0.6) is 0 Å². The zero-order valence-corrected chi connectivity index (χ0v) is 15.2. The Hall–Kier alpha value is -1.72. The Kier molecular flexibility index (Phi) is 5.13. The van der Waals surface area contributed by atoms with Crippen molar-refractivity contribution in [1.82, 2.24) is 24.3 Å². The molecule has 5 nitrogen and oxygen atoms in total. The van der Waals surface area contributed by atoms with Gasteiger partial charge in [0.05, 0.1) is 6.04 Å². The highest BCUT2D eigenvalue weighted by Crippen LogP contribution is 2.37. The second-order valence-electron chi connectivity index (χ2n) is 7.38. The molecule has 2 aliphatic rings. The molecule has 0 bridgehead atoms. The smallest absolute Gasteiger partial charge is 0.126 e. The molecule has 1 saturated heterocycles. The summed E-state index contributed by atoms with van der Waals surface area (Å²) in [5, 5.41) is 0. The topological polar surface area (TPSA) is 37.2 Å². The summed E-state index contributed by atoms with van der Waals surface area (Å²) in [4.78, 5) is 14.3. The summed E-state index contributed by atoms with van der Waals surface area (Å²) in [6.45, 7) is 9.08. The number of nitrogens with zero attached hydrogens (tertiary/aromatic N) is 5. The fraction of sp³-hybridized carbons (Fsp3) is 0.600. The molecule has 4 heterocycles. The third kappa shape index (κ3) is 3.62. The van der Waals surface area contributed by atoms with E-state index in [9.17, 15) is 0 Å². The number of hydrogen-bond donors (Lipinski definition) is 0. The Labute approximate surface area is 150 Å². The summed E-state index contributed by atoms with van der Waals surface area (Å²) in [7, 11) is 0. The third-order valence-corrected chi connectivity index (χ3v) is 5.88. The lowest BCUT2D eigenvalue weighted by atomic mass is 9.87. The first kappa shape index (κ1) is 16.7. The summed E-state index contributed by atoms with van der Waals surface area (Å²) < 4.78 is 2.39. The summed E-state index contributed by atoms with van der Waals surface area (Å²) in [6, 6.07) is 4.67. The van der Waals surface area contributed by atoms with E-state index < -0.39 is 0 Å². The molecule has 2 aromatic rings. The van der Waals surface area contributed by atoms with Crippen molar-refractivity contribution in [1.29, 1.82) is 0 Å². The highest BCUT2D eigenvalue weighted by Gasteiger charge is 2.35. The van der Waals surface area contributed by atoms with Gasteiger partial charge in [0.15, 0.2) is 0 Å². The lowest BCUT2D eigenvalue weighted by molar-refractivity contribution is 0.0812. The summed E-state index contributed by atoms with van der Waals surface area (Å²) in [5.41, 5.74) is 1.30. The lowest BCUT2D eigenvalue weighted by Gasteiger charge is -2.40. The van der Waals surface area contributed by atoms with Gasteiger partial charge < -0.3 is 9.47 Å². The van der Waals surface area contributed by atoms with E-state index in [0.717, 1.165) is 19.6 Å². The standard InChI is InChI=1S/C20H29N5/c1-2-23-12-6-18(7-13-23)19-20-22-9-14-24(20)10-4-11-25(19)16-17-5-3-8-21-15-17/h3,5,8-9,14-15,18-19H,2,4,6-7,10-13,16H2,1H3. The predicted molar refractivity (Wildman–Crippen MR) is 99.1 cm³/mol. The van der Waals surface area contributed by atoms with Crippen LogP contribution in [0.3, 0.4) is 0 Å². The second-order valence-corrected chi connectivity index (χ2v) is 7.38. The number of imidazole rings is 1. The minimum Gasteiger partial charge on any atom is -0.334 e. The van der Waals surface area contributed by atoms with Gasteiger partial charge in [-0.05, 0) is 56.4 Å². The van der Waals surface area contributed by atoms with Crippen molar-refractivity contribution in [2.75, 3.05) is 26.2 Å². The van der Waals surface area contributed by atoms with Crippen molar-refractivity contribution in [2.24, 2.45) is 5.92 Å². The van der Waals surface area contributed by atoms with Crippen LogP contribution in [0.25, 0.3) is 0 Å². The van der Waals surface area contributed by atoms with E-state index in [0.29, 0.717) is 12.0 Å². The van der Waals surface area contributed by atoms with E-state index in [2.05, 4.69) is 38.5 Å². The second kappa shape index (κ2) is 7.67. The Morgan fingerprint density at radius 3 is 2.76 bits per heavy atom. The van der Waals surface area contributed by atoms with E-state index in [1.807, 2.05) is 24.7 Å². The van der Waals surface area contributed by atoms with Gasteiger partial charge >= 0.3 is 0 Å². The van der Waals surface area contributed by atoms with Gasteiger partial charge in [0.1, 0.15) is 5.82 Å². The van der Waals surface area contributed by atoms with Crippen molar-refractivity contribution >= 4 is 0 Å². The quantitative estimate of drug-likeness (QED) is 0.858. The van der Waals surface area contributed by atoms with Crippen molar-refractivity contribution < 1.29 is 0 Å². The maximum absolute atomic E-state index is 4.80. The molecule has 2 aromatic heterocycles. The molecule has 25 heavy (non-hydrogen) atoms. The Morgan fingerprint density at radius 1 is 1.12 bits per heavy atom. The van der Waals surface area contributed by atoms with Crippen LogP contribution < -0.4 is 0 Å². The minimum atomic E-state index is 0.428. The first-order chi connectivity index (χ1) is 12.3. The zero-order chi connectivity index (χ0) is 17.1. The fourth-order valence-corrected chi connectivity index (χ4v) is 4.52. The largest absolute Gasteiger partial charge is 0.334 e. The first-order valence-electron chi connectivity index (χ1n) is 9.71. The van der Waals surface area contributed by atoms with E-state index >= 15 is 0 Å². The van der Waals surface area contributed by atoms with Crippen LogP contribution in [0.1, 0.15) is 43.6 Å². The molecule has 0 amide bonds. The van der Waals surface area contributed by atoms with Gasteiger partial charge in [0.2, 0.25) is 0 Å². The maximum Gasteiger partial charge on any atom is 0.126 e. The molecule has 0 aliphatic carbocycles. The normalized spacial score (nSPS) is 23.3. The zero-order valence-electron chi connectivity index (χ0n) is 15.2. The van der Waals surface area contributed by atoms with Crippen molar-refractivity contribution in [3.05, 3.63) is 48.3 Å². The molecule has 0 spiro atoms. The average molecular weight is 339 g/mol. The van der Waals surface area contributed by atoms with Crippen LogP contribution in [0.4, 0.5) is 0 Å². The SMILES string of the molecule is CCN1CCC(C2c3nccn3CCCN2Cc2cccnc2)CC1. The van der Waals surface area contributed by atoms with Gasteiger partial charge in [-0.3, -0.25) is 9.88 Å². The molecule has 134 valence electrons. The van der Waals surface area contributed by atoms with Crippen LogP contribution >= 0.6 is 0 Å². The van der Waals surface area contributed by atoms with Crippen LogP contribution in [0.15, 0.2) is 36.9 Å². The molecule has 5 heteroatoms. The molecule has 1 atom stereocenters. The number of aromatic nitrogens is 3. The molecule has 0 aromatic carbocycles. The van der Waals surface area contributed by atoms with Gasteiger partial charge in [-0.15, -0.1) is 0 Å². The molecule has 2 aliphatic heterocycles. The number of pyridine rings is 1. The summed E-state index contributed by atoms with van der Waals surface area (Å²) >= 11 is 0. The highest BCUT2D eigenvalue weighted by atomic mass is 15.2. The maximum atomic E-state index is 4.80. The van der Waals surface area contributed by atoms with Gasteiger partial charge in [0.25, 0.3) is 0 Å². The molecule has 0 radical (unpaired) electrons. The first-order valence-corrected chi connectivity index (χ1v) is 9.71. The van der Waals surface area contributed by atoms with Crippen molar-refractivity contribution in [3.63, 3.8) is 0 Å². The average Bonchev–Trinajstić information content (AvgIpc) is 3.04. The fourth-order valence-electron chi connectivity index (χ4n) is 4.52. The number of rotatable bonds is 4. The van der Waals surface area contributed by atoms with E-state index in [4.69, 9.17) is 4.98 Å². The van der Waals surface area contributed by atoms with Gasteiger partial charge in [-0.1, -0.05) is 13.0 Å². The van der Waals surface area contributed by atoms with Gasteiger partial charge in [-0.25, -0.2) is 4.98 Å². The lowest BCUT2D eigenvalue weighted by Crippen LogP contribution is -2.41. The number of aryl methyl sites for hydroxylation is 1. The van der Waals surface area contributed by atoms with Crippen LogP contribution in [0.2, 0.25) is 0 Å². The summed E-state index contributed by atoms with van der Waals surface area (Å²) in [6.07, 6.45) is 11.7. The van der Waals surface area contributed by atoms with Crippen LogP contribution in [0, 0.1) is 5.92 Å². The molecule has 4 rings (SSSR count). The van der Waals surface area contributed by atoms with Crippen molar-refractivity contribution in [2.45, 2.75) is 45.3 Å². The number of hydrogen-bond acceptors (Lipinski definition) is 4. The van der Waals surface area contributed by atoms with Crippen LogP contribution in [-0.4, -0.2) is 50.5 Å². The molecular weight excluding hydrogens is 310 g/mol. The van der Waals surface area contributed by atoms with Crippen LogP contribution in [-0.2, 0) is 13.1 Å². The van der Waals surface area contributed by atoms with Gasteiger partial charge in [0, 0.05) is 44.4 Å². The van der Waals surface area contributed by atoms with Gasteiger partial charge in [-0.2, -0.15) is 0 Å². The monoisotopic (exact) mass is 339 g/mol.